The predicted molar refractivity (Wildman–Crippen MR) is 105 cm³/mol. The van der Waals surface area contributed by atoms with Crippen LogP contribution in [0.15, 0.2) is 24.3 Å². The van der Waals surface area contributed by atoms with Gasteiger partial charge in [0.1, 0.15) is 12.2 Å². The molecule has 0 amide bonds. The van der Waals surface area contributed by atoms with Crippen molar-refractivity contribution < 1.29 is 19.1 Å². The van der Waals surface area contributed by atoms with Crippen LogP contribution in [0.25, 0.3) is 0 Å². The number of ether oxygens (including phenoxy) is 2. The number of hydrogen-bond donors (Lipinski definition) is 0. The summed E-state index contributed by atoms with van der Waals surface area (Å²) in [6.45, 7) is 9.60. The van der Waals surface area contributed by atoms with Gasteiger partial charge in [0.2, 0.25) is 0 Å². The second-order valence-corrected chi connectivity index (χ2v) is 7.79. The highest BCUT2D eigenvalue weighted by molar-refractivity contribution is 7.59. The molecule has 0 unspecified atom stereocenters. The van der Waals surface area contributed by atoms with Gasteiger partial charge in [-0.3, -0.25) is 9.59 Å². The first-order chi connectivity index (χ1) is 11.1. The monoisotopic (exact) mass is 388 g/mol. The molecule has 0 saturated carbocycles. The van der Waals surface area contributed by atoms with E-state index in [0.29, 0.717) is 11.4 Å². The molecule has 1 aromatic carbocycles. The highest BCUT2D eigenvalue weighted by atomic mass is 35.5. The van der Waals surface area contributed by atoms with Crippen molar-refractivity contribution in [3.8, 4) is 0 Å². The number of halogens is 1. The van der Waals surface area contributed by atoms with E-state index < -0.39 is 11.5 Å². The van der Waals surface area contributed by atoms with E-state index in [1.807, 2.05) is 13.8 Å². The third-order valence-electron chi connectivity index (χ3n) is 3.22. The average molecular weight is 389 g/mol. The average Bonchev–Trinajstić information content (AvgIpc) is 2.43. The Morgan fingerprint density at radius 2 is 1.68 bits per heavy atom. The number of rotatable bonds is 7. The van der Waals surface area contributed by atoms with Gasteiger partial charge in [-0.1, -0.05) is 37.6 Å². The van der Waals surface area contributed by atoms with E-state index in [1.54, 1.807) is 45.0 Å². The maximum atomic E-state index is 12.4. The molecule has 4 nitrogen and oxygen atoms in total. The largest absolute Gasteiger partial charge is 0.461 e. The number of esters is 2. The fourth-order valence-electron chi connectivity index (χ4n) is 2.27. The molecule has 0 aliphatic heterocycles. The van der Waals surface area contributed by atoms with Crippen molar-refractivity contribution in [2.24, 2.45) is 11.8 Å². The molecule has 0 aliphatic carbocycles. The molecule has 0 aliphatic rings. The Hall–Kier alpha value is -1.20. The minimum atomic E-state index is -0.563. The molecule has 0 N–H and O–H groups in total. The van der Waals surface area contributed by atoms with Gasteiger partial charge in [0.15, 0.2) is 0 Å². The molecule has 0 aromatic heterocycles. The Balaban J connectivity index is 0.00000576. The summed E-state index contributed by atoms with van der Waals surface area (Å²) in [7, 11) is 0. The van der Waals surface area contributed by atoms with Crippen LogP contribution in [0.2, 0.25) is 5.02 Å². The minimum absolute atomic E-state index is 0. The quantitative estimate of drug-likeness (QED) is 0.624. The lowest BCUT2D eigenvalue weighted by molar-refractivity contribution is -0.162. The lowest BCUT2D eigenvalue weighted by Gasteiger charge is -2.22. The second kappa shape index (κ2) is 10.7. The van der Waals surface area contributed by atoms with E-state index in [2.05, 4.69) is 0 Å². The molecule has 6 heteroatoms. The van der Waals surface area contributed by atoms with Crippen LogP contribution in [0.4, 0.5) is 0 Å². The van der Waals surface area contributed by atoms with Gasteiger partial charge in [-0.05, 0) is 50.8 Å². The van der Waals surface area contributed by atoms with E-state index in [4.69, 9.17) is 21.1 Å². The van der Waals surface area contributed by atoms with E-state index in [9.17, 15) is 9.59 Å². The van der Waals surface area contributed by atoms with Gasteiger partial charge >= 0.3 is 11.9 Å². The first-order valence-electron chi connectivity index (χ1n) is 8.19. The number of benzene rings is 1. The molecule has 0 spiro atoms. The Bertz CT molecular complexity index is 550. The van der Waals surface area contributed by atoms with Crippen molar-refractivity contribution in [1.29, 1.82) is 0 Å². The van der Waals surface area contributed by atoms with Crippen LogP contribution in [-0.4, -0.2) is 17.5 Å². The molecule has 0 heterocycles. The van der Waals surface area contributed by atoms with Crippen LogP contribution in [0.3, 0.4) is 0 Å². The summed E-state index contributed by atoms with van der Waals surface area (Å²) in [6.07, 6.45) is 0.619. The van der Waals surface area contributed by atoms with Crippen LogP contribution in [-0.2, 0) is 25.7 Å². The lowest BCUT2D eigenvalue weighted by Crippen LogP contribution is -2.28. The molecular weight excluding hydrogens is 360 g/mol. The molecular formula is C19H29ClO4S. The number of carbonyl (C=O) groups is 2. The molecule has 0 fully saturated rings. The van der Waals surface area contributed by atoms with Gasteiger partial charge in [0, 0.05) is 5.02 Å². The second-order valence-electron chi connectivity index (χ2n) is 7.35. The van der Waals surface area contributed by atoms with E-state index in [-0.39, 0.29) is 44.4 Å². The Kier molecular flexibility index (Phi) is 10.2. The summed E-state index contributed by atoms with van der Waals surface area (Å²) in [5, 5.41) is 0.632. The first-order valence-corrected chi connectivity index (χ1v) is 8.57. The molecule has 1 atom stereocenters. The molecule has 0 radical (unpaired) electrons. The number of carbonyl (C=O) groups excluding carboxylic acids is 2. The molecule has 0 saturated heterocycles. The fraction of sp³-hybridized carbons (Fsp3) is 0.579. The van der Waals surface area contributed by atoms with Crippen LogP contribution < -0.4 is 0 Å². The normalized spacial score (nSPS) is 12.3. The zero-order chi connectivity index (χ0) is 18.3. The van der Waals surface area contributed by atoms with Crippen molar-refractivity contribution in [3.63, 3.8) is 0 Å². The predicted octanol–water partition coefficient (Wildman–Crippen LogP) is 4.89. The maximum Gasteiger partial charge on any atom is 0.309 e. The molecule has 25 heavy (non-hydrogen) atoms. The van der Waals surface area contributed by atoms with Gasteiger partial charge in [-0.2, -0.15) is 13.5 Å². The topological polar surface area (TPSA) is 52.6 Å². The van der Waals surface area contributed by atoms with E-state index >= 15 is 0 Å². The van der Waals surface area contributed by atoms with Crippen molar-refractivity contribution in [3.05, 3.63) is 34.9 Å². The highest BCUT2D eigenvalue weighted by Crippen LogP contribution is 2.21. The molecule has 1 aromatic rings. The molecule has 0 bridgehead atoms. The number of hydrogen-bond acceptors (Lipinski definition) is 4. The van der Waals surface area contributed by atoms with E-state index in [0.717, 1.165) is 5.56 Å². The van der Waals surface area contributed by atoms with Crippen molar-refractivity contribution in [1.82, 2.24) is 0 Å². The van der Waals surface area contributed by atoms with E-state index in [1.165, 1.54) is 0 Å². The summed E-state index contributed by atoms with van der Waals surface area (Å²) in [4.78, 5) is 24.4. The minimum Gasteiger partial charge on any atom is -0.461 e. The van der Waals surface area contributed by atoms with Gasteiger partial charge in [-0.25, -0.2) is 0 Å². The van der Waals surface area contributed by atoms with Crippen LogP contribution in [0.1, 0.15) is 53.0 Å². The summed E-state index contributed by atoms with van der Waals surface area (Å²) >= 11 is 5.83. The Morgan fingerprint density at radius 1 is 1.12 bits per heavy atom. The van der Waals surface area contributed by atoms with Crippen molar-refractivity contribution >= 4 is 37.0 Å². The van der Waals surface area contributed by atoms with Gasteiger partial charge in [0.05, 0.1) is 12.3 Å². The summed E-state index contributed by atoms with van der Waals surface area (Å²) < 4.78 is 10.7. The van der Waals surface area contributed by atoms with Crippen LogP contribution >= 0.6 is 25.1 Å². The molecule has 1 rings (SSSR count). The van der Waals surface area contributed by atoms with Crippen molar-refractivity contribution in [2.75, 3.05) is 0 Å². The summed E-state index contributed by atoms with van der Waals surface area (Å²) in [6, 6.07) is 7.11. The fourth-order valence-corrected chi connectivity index (χ4v) is 2.40. The van der Waals surface area contributed by atoms with Crippen LogP contribution in [0, 0.1) is 11.8 Å². The van der Waals surface area contributed by atoms with Crippen LogP contribution in [0.5, 0.6) is 0 Å². The third kappa shape index (κ3) is 10.4. The maximum absolute atomic E-state index is 12.4. The third-order valence-corrected chi connectivity index (χ3v) is 3.47. The summed E-state index contributed by atoms with van der Waals surface area (Å²) in [5.41, 5.74) is 0.292. The Morgan fingerprint density at radius 3 is 2.16 bits per heavy atom. The zero-order valence-electron chi connectivity index (χ0n) is 15.6. The highest BCUT2D eigenvalue weighted by Gasteiger charge is 2.27. The molecule has 142 valence electrons. The van der Waals surface area contributed by atoms with Gasteiger partial charge < -0.3 is 9.47 Å². The lowest BCUT2D eigenvalue weighted by atomic mass is 9.94. The van der Waals surface area contributed by atoms with Gasteiger partial charge in [-0.15, -0.1) is 0 Å². The van der Waals surface area contributed by atoms with Crippen molar-refractivity contribution in [2.45, 2.75) is 59.7 Å². The SMILES string of the molecule is CC(C)C[C@H](CC(=O)OC(C)(C)C)C(=O)OCc1ccc(Cl)cc1.S. The Labute approximate surface area is 162 Å². The standard InChI is InChI=1S/C19H27ClO4.H2S/c1-13(2)10-15(11-17(21)24-19(3,4)5)18(22)23-12-14-6-8-16(20)9-7-14;/h6-9,13,15H,10-12H2,1-5H3;1H2/t15-;/m1./s1. The summed E-state index contributed by atoms with van der Waals surface area (Å²) in [5.74, 6) is -0.964. The zero-order valence-corrected chi connectivity index (χ0v) is 17.4. The first kappa shape index (κ1) is 23.8. The van der Waals surface area contributed by atoms with Gasteiger partial charge in [0.25, 0.3) is 0 Å². The smallest absolute Gasteiger partial charge is 0.309 e.